The van der Waals surface area contributed by atoms with Crippen LogP contribution in [0.15, 0.2) is 18.2 Å². The first-order valence-electron chi connectivity index (χ1n) is 5.38. The van der Waals surface area contributed by atoms with E-state index in [0.29, 0.717) is 12.8 Å². The van der Waals surface area contributed by atoms with Crippen LogP contribution in [0.3, 0.4) is 0 Å². The van der Waals surface area contributed by atoms with Gasteiger partial charge in [0, 0.05) is 5.02 Å². The molecule has 0 radical (unpaired) electrons. The zero-order valence-electron chi connectivity index (χ0n) is 9.51. The Hall–Kier alpha value is -1.74. The molecular formula is C12H8ClF3N2O. The molecule has 2 rings (SSSR count). The minimum atomic E-state index is -4.63. The molecule has 1 N–H and O–H groups in total. The van der Waals surface area contributed by atoms with Gasteiger partial charge < -0.3 is 5.32 Å². The van der Waals surface area contributed by atoms with E-state index in [1.807, 2.05) is 6.07 Å². The number of hydrogen-bond donors (Lipinski definition) is 1. The van der Waals surface area contributed by atoms with Crippen LogP contribution in [-0.4, -0.2) is 5.91 Å². The highest BCUT2D eigenvalue weighted by Crippen LogP contribution is 2.46. The Morgan fingerprint density at radius 3 is 2.53 bits per heavy atom. The quantitative estimate of drug-likeness (QED) is 0.904. The van der Waals surface area contributed by atoms with Gasteiger partial charge in [0.05, 0.1) is 17.3 Å². The smallest absolute Gasteiger partial charge is 0.324 e. The maximum Gasteiger partial charge on any atom is 0.418 e. The third kappa shape index (κ3) is 2.66. The molecule has 1 amide bonds. The summed E-state index contributed by atoms with van der Waals surface area (Å²) in [6.07, 6.45) is -3.90. The number of nitriles is 1. The van der Waals surface area contributed by atoms with E-state index in [1.54, 1.807) is 0 Å². The van der Waals surface area contributed by atoms with E-state index < -0.39 is 23.1 Å². The first kappa shape index (κ1) is 13.7. The summed E-state index contributed by atoms with van der Waals surface area (Å²) in [6, 6.07) is 4.89. The number of rotatable bonds is 2. The summed E-state index contributed by atoms with van der Waals surface area (Å²) in [4.78, 5) is 11.8. The van der Waals surface area contributed by atoms with E-state index in [4.69, 9.17) is 16.9 Å². The van der Waals surface area contributed by atoms with E-state index in [1.165, 1.54) is 6.07 Å². The van der Waals surface area contributed by atoms with E-state index in [9.17, 15) is 18.0 Å². The second kappa shape index (κ2) is 4.42. The number of amides is 1. The minimum absolute atomic E-state index is 0.0771. The fraction of sp³-hybridized carbons (Fsp3) is 0.333. The molecule has 0 unspecified atom stereocenters. The van der Waals surface area contributed by atoms with Crippen LogP contribution < -0.4 is 5.32 Å². The summed E-state index contributed by atoms with van der Waals surface area (Å²) in [5.41, 5.74) is -2.59. The molecule has 1 aliphatic rings. The summed E-state index contributed by atoms with van der Waals surface area (Å²) in [5, 5.41) is 10.9. The predicted molar refractivity (Wildman–Crippen MR) is 62.4 cm³/mol. The molecule has 0 heterocycles. The van der Waals surface area contributed by atoms with Crippen molar-refractivity contribution in [2.75, 3.05) is 5.32 Å². The fourth-order valence-corrected chi connectivity index (χ4v) is 1.79. The first-order chi connectivity index (χ1) is 8.78. The van der Waals surface area contributed by atoms with E-state index in [-0.39, 0.29) is 10.7 Å². The Balaban J connectivity index is 2.31. The number of nitrogens with one attached hydrogen (secondary N) is 1. The Kier molecular flexibility index (Phi) is 3.19. The van der Waals surface area contributed by atoms with Crippen molar-refractivity contribution >= 4 is 23.2 Å². The number of alkyl halides is 3. The Bertz CT molecular complexity index is 573. The molecule has 7 heteroatoms. The van der Waals surface area contributed by atoms with Gasteiger partial charge in [0.25, 0.3) is 0 Å². The van der Waals surface area contributed by atoms with Gasteiger partial charge in [-0.25, -0.2) is 0 Å². The predicted octanol–water partition coefficient (Wildman–Crippen LogP) is 3.60. The lowest BCUT2D eigenvalue weighted by Gasteiger charge is -2.15. The molecule has 1 aromatic rings. The van der Waals surface area contributed by atoms with Crippen molar-refractivity contribution in [1.82, 2.24) is 0 Å². The number of nitrogens with zero attached hydrogens (tertiary/aromatic N) is 1. The highest BCUT2D eigenvalue weighted by Gasteiger charge is 2.51. The molecule has 0 atom stereocenters. The lowest BCUT2D eigenvalue weighted by Crippen LogP contribution is -2.24. The minimum Gasteiger partial charge on any atom is -0.324 e. The van der Waals surface area contributed by atoms with Gasteiger partial charge in [-0.05, 0) is 31.0 Å². The molecular weight excluding hydrogens is 281 g/mol. The maximum absolute atomic E-state index is 12.8. The van der Waals surface area contributed by atoms with Crippen LogP contribution in [0.4, 0.5) is 18.9 Å². The number of carbonyl (C=O) groups excluding carboxylic acids is 1. The Morgan fingerprint density at radius 2 is 2.05 bits per heavy atom. The SMILES string of the molecule is N#CC1(C(=O)Nc2ccc(Cl)cc2C(F)(F)F)CC1. The molecule has 0 saturated heterocycles. The average molecular weight is 289 g/mol. The third-order valence-corrected chi connectivity index (χ3v) is 3.17. The Morgan fingerprint density at radius 1 is 1.42 bits per heavy atom. The van der Waals surface area contributed by atoms with E-state index >= 15 is 0 Å². The summed E-state index contributed by atoms with van der Waals surface area (Å²) in [6.45, 7) is 0. The van der Waals surface area contributed by atoms with Crippen LogP contribution in [0.25, 0.3) is 0 Å². The molecule has 19 heavy (non-hydrogen) atoms. The fourth-order valence-electron chi connectivity index (χ4n) is 1.62. The molecule has 0 bridgehead atoms. The van der Waals surface area contributed by atoms with Crippen LogP contribution in [-0.2, 0) is 11.0 Å². The van der Waals surface area contributed by atoms with Gasteiger partial charge in [-0.1, -0.05) is 11.6 Å². The Labute approximate surface area is 112 Å². The van der Waals surface area contributed by atoms with Crippen molar-refractivity contribution < 1.29 is 18.0 Å². The normalized spacial score (nSPS) is 16.6. The van der Waals surface area contributed by atoms with Crippen LogP contribution in [0.5, 0.6) is 0 Å². The monoisotopic (exact) mass is 288 g/mol. The largest absolute Gasteiger partial charge is 0.418 e. The van der Waals surface area contributed by atoms with Crippen molar-refractivity contribution in [1.29, 1.82) is 5.26 Å². The number of halogens is 4. The average Bonchev–Trinajstić information content (AvgIpc) is 3.11. The highest BCUT2D eigenvalue weighted by atomic mass is 35.5. The molecule has 1 fully saturated rings. The summed E-state index contributed by atoms with van der Waals surface area (Å²) in [5.74, 6) is -0.706. The van der Waals surface area contributed by atoms with Gasteiger partial charge >= 0.3 is 6.18 Å². The molecule has 3 nitrogen and oxygen atoms in total. The number of hydrogen-bond acceptors (Lipinski definition) is 2. The van der Waals surface area contributed by atoms with Crippen molar-refractivity contribution in [2.24, 2.45) is 5.41 Å². The van der Waals surface area contributed by atoms with Crippen molar-refractivity contribution in [3.05, 3.63) is 28.8 Å². The topological polar surface area (TPSA) is 52.9 Å². The summed E-state index contributed by atoms with van der Waals surface area (Å²) in [7, 11) is 0. The van der Waals surface area contributed by atoms with E-state index in [0.717, 1.165) is 12.1 Å². The summed E-state index contributed by atoms with van der Waals surface area (Å²) >= 11 is 5.52. The van der Waals surface area contributed by atoms with Gasteiger partial charge in [-0.2, -0.15) is 18.4 Å². The van der Waals surface area contributed by atoms with Gasteiger partial charge in [0.2, 0.25) is 5.91 Å². The molecule has 0 aliphatic heterocycles. The number of carbonyl (C=O) groups is 1. The van der Waals surface area contributed by atoms with Gasteiger partial charge in [0.1, 0.15) is 5.41 Å². The highest BCUT2D eigenvalue weighted by molar-refractivity contribution is 6.30. The lowest BCUT2D eigenvalue weighted by molar-refractivity contribution is -0.137. The molecule has 1 saturated carbocycles. The summed E-state index contributed by atoms with van der Waals surface area (Å²) < 4.78 is 38.4. The zero-order chi connectivity index (χ0) is 14.3. The van der Waals surface area contributed by atoms with Crippen LogP contribution in [0, 0.1) is 16.7 Å². The standard InChI is InChI=1S/C12H8ClF3N2O/c13-7-1-2-9(8(5-7)12(14,15)16)18-10(19)11(6-17)3-4-11/h1-2,5H,3-4H2,(H,18,19). The first-order valence-corrected chi connectivity index (χ1v) is 5.76. The zero-order valence-corrected chi connectivity index (χ0v) is 10.3. The van der Waals surface area contributed by atoms with Crippen LogP contribution >= 0.6 is 11.6 Å². The number of anilines is 1. The van der Waals surface area contributed by atoms with Crippen molar-refractivity contribution in [3.8, 4) is 6.07 Å². The van der Waals surface area contributed by atoms with Crippen molar-refractivity contribution in [3.63, 3.8) is 0 Å². The molecule has 100 valence electrons. The van der Waals surface area contributed by atoms with Crippen LogP contribution in [0.2, 0.25) is 5.02 Å². The molecule has 1 aromatic carbocycles. The number of benzene rings is 1. The second-order valence-electron chi connectivity index (χ2n) is 4.34. The van der Waals surface area contributed by atoms with Crippen molar-refractivity contribution in [2.45, 2.75) is 19.0 Å². The molecule has 0 spiro atoms. The molecule has 0 aromatic heterocycles. The lowest BCUT2D eigenvalue weighted by atomic mass is 10.1. The van der Waals surface area contributed by atoms with Crippen LogP contribution in [0.1, 0.15) is 18.4 Å². The van der Waals surface area contributed by atoms with Gasteiger partial charge in [-0.15, -0.1) is 0 Å². The van der Waals surface area contributed by atoms with Gasteiger partial charge in [0.15, 0.2) is 0 Å². The van der Waals surface area contributed by atoms with E-state index in [2.05, 4.69) is 5.32 Å². The second-order valence-corrected chi connectivity index (χ2v) is 4.77. The van der Waals surface area contributed by atoms with Gasteiger partial charge in [-0.3, -0.25) is 4.79 Å². The third-order valence-electron chi connectivity index (χ3n) is 2.93. The molecule has 1 aliphatic carbocycles. The maximum atomic E-state index is 12.8.